The lowest BCUT2D eigenvalue weighted by Gasteiger charge is -2.07. The minimum absolute atomic E-state index is 0.0893. The number of aryl methyl sites for hydroxylation is 1. The number of nitrogens with two attached hydrogens (primary N) is 1. The van der Waals surface area contributed by atoms with Gasteiger partial charge in [-0.05, 0) is 36.8 Å². The van der Waals surface area contributed by atoms with Crippen LogP contribution in [0.4, 0.5) is 10.1 Å². The fraction of sp³-hybridized carbons (Fsp3) is 0.167. The topological polar surface area (TPSA) is 72.2 Å². The molecular formula is C12H12BrFN2O2S2. The molecule has 20 heavy (non-hydrogen) atoms. The van der Waals surface area contributed by atoms with Gasteiger partial charge in [0.2, 0.25) is 0 Å². The van der Waals surface area contributed by atoms with Crippen molar-refractivity contribution in [2.45, 2.75) is 17.7 Å². The van der Waals surface area contributed by atoms with Gasteiger partial charge in [0.05, 0.1) is 5.69 Å². The summed E-state index contributed by atoms with van der Waals surface area (Å²) >= 11 is 4.20. The number of hydrogen-bond acceptors (Lipinski definition) is 4. The van der Waals surface area contributed by atoms with Gasteiger partial charge in [0.15, 0.2) is 0 Å². The molecule has 0 spiro atoms. The van der Waals surface area contributed by atoms with Crippen molar-refractivity contribution in [1.29, 1.82) is 0 Å². The fourth-order valence-corrected chi connectivity index (χ4v) is 4.46. The van der Waals surface area contributed by atoms with Gasteiger partial charge in [0.25, 0.3) is 10.0 Å². The third kappa shape index (κ3) is 3.20. The molecule has 0 atom stereocenters. The Morgan fingerprint density at radius 1 is 1.40 bits per heavy atom. The Bertz CT molecular complexity index is 744. The molecule has 0 aliphatic heterocycles. The quantitative estimate of drug-likeness (QED) is 0.857. The van der Waals surface area contributed by atoms with Crippen LogP contribution in [0, 0.1) is 12.7 Å². The molecule has 0 unspecified atom stereocenters. The van der Waals surface area contributed by atoms with Crippen molar-refractivity contribution in [3.05, 3.63) is 45.0 Å². The first-order chi connectivity index (χ1) is 9.33. The number of hydrogen-bond donors (Lipinski definition) is 2. The second-order valence-electron chi connectivity index (χ2n) is 4.11. The average Bonchev–Trinajstić information content (AvgIpc) is 2.75. The molecule has 0 bridgehead atoms. The van der Waals surface area contributed by atoms with Crippen molar-refractivity contribution >= 4 is 43.0 Å². The molecule has 0 aliphatic rings. The maximum absolute atomic E-state index is 13.7. The van der Waals surface area contributed by atoms with Crippen LogP contribution in [0.1, 0.15) is 10.4 Å². The highest BCUT2D eigenvalue weighted by Crippen LogP contribution is 2.28. The summed E-state index contributed by atoms with van der Waals surface area (Å²) in [5.74, 6) is -0.643. The molecular weight excluding hydrogens is 367 g/mol. The summed E-state index contributed by atoms with van der Waals surface area (Å²) in [4.78, 5) is 0.793. The average molecular weight is 379 g/mol. The lowest BCUT2D eigenvalue weighted by molar-refractivity contribution is 0.600. The Morgan fingerprint density at radius 2 is 2.10 bits per heavy atom. The van der Waals surface area contributed by atoms with E-state index in [1.54, 1.807) is 13.0 Å². The molecule has 3 N–H and O–H groups in total. The molecule has 1 aromatic carbocycles. The highest BCUT2D eigenvalue weighted by Gasteiger charge is 2.20. The van der Waals surface area contributed by atoms with Crippen LogP contribution in [0.2, 0.25) is 0 Å². The number of halogens is 2. The first-order valence-corrected chi connectivity index (χ1v) is 8.70. The van der Waals surface area contributed by atoms with Crippen LogP contribution in [-0.4, -0.2) is 8.42 Å². The summed E-state index contributed by atoms with van der Waals surface area (Å²) in [6.45, 7) is 2.07. The monoisotopic (exact) mass is 378 g/mol. The maximum Gasteiger partial charge on any atom is 0.271 e. The van der Waals surface area contributed by atoms with Crippen molar-refractivity contribution in [3.8, 4) is 0 Å². The maximum atomic E-state index is 13.7. The highest BCUT2D eigenvalue weighted by atomic mass is 79.9. The number of thiophene rings is 1. The summed E-state index contributed by atoms with van der Waals surface area (Å²) in [5, 5.41) is 0. The zero-order chi connectivity index (χ0) is 14.9. The standard InChI is InChI=1S/C12H12BrFN2O2S2/c1-7-4-12(19-11(7)6-15)20(17,18)16-10-3-2-8(13)5-9(10)14/h2-5,16H,6,15H2,1H3. The third-order valence-corrected chi connectivity index (χ3v) is 6.22. The van der Waals surface area contributed by atoms with E-state index in [9.17, 15) is 12.8 Å². The molecule has 2 rings (SSSR count). The molecule has 0 aliphatic carbocycles. The summed E-state index contributed by atoms with van der Waals surface area (Å²) < 4.78 is 41.0. The van der Waals surface area contributed by atoms with Gasteiger partial charge in [0, 0.05) is 15.9 Å². The number of sulfonamides is 1. The van der Waals surface area contributed by atoms with Gasteiger partial charge in [0.1, 0.15) is 10.0 Å². The summed E-state index contributed by atoms with van der Waals surface area (Å²) in [6, 6.07) is 5.65. The van der Waals surface area contributed by atoms with Crippen LogP contribution in [0.15, 0.2) is 32.9 Å². The van der Waals surface area contributed by atoms with Crippen LogP contribution in [0.5, 0.6) is 0 Å². The smallest absolute Gasteiger partial charge is 0.271 e. The SMILES string of the molecule is Cc1cc(S(=O)(=O)Nc2ccc(Br)cc2F)sc1CN. The Balaban J connectivity index is 2.35. The molecule has 0 radical (unpaired) electrons. The molecule has 0 saturated carbocycles. The predicted molar refractivity (Wildman–Crippen MR) is 81.9 cm³/mol. The van der Waals surface area contributed by atoms with Crippen molar-refractivity contribution in [2.75, 3.05) is 4.72 Å². The second-order valence-corrected chi connectivity index (χ2v) is 8.07. The van der Waals surface area contributed by atoms with E-state index in [4.69, 9.17) is 5.73 Å². The molecule has 108 valence electrons. The molecule has 8 heteroatoms. The van der Waals surface area contributed by atoms with Crippen molar-refractivity contribution < 1.29 is 12.8 Å². The molecule has 1 aromatic heterocycles. The van der Waals surface area contributed by atoms with E-state index in [-0.39, 0.29) is 16.4 Å². The minimum atomic E-state index is -3.80. The molecule has 2 aromatic rings. The van der Waals surface area contributed by atoms with Crippen molar-refractivity contribution in [2.24, 2.45) is 5.73 Å². The molecule has 0 amide bonds. The zero-order valence-electron chi connectivity index (χ0n) is 10.5. The van der Waals surface area contributed by atoms with Crippen LogP contribution < -0.4 is 10.5 Å². The van der Waals surface area contributed by atoms with E-state index in [0.717, 1.165) is 21.8 Å². The van der Waals surface area contributed by atoms with E-state index in [1.807, 2.05) is 0 Å². The Kier molecular flexibility index (Phi) is 4.48. The Hall–Kier alpha value is -0.960. The second kappa shape index (κ2) is 5.80. The first-order valence-electron chi connectivity index (χ1n) is 5.60. The van der Waals surface area contributed by atoms with E-state index in [2.05, 4.69) is 20.7 Å². The lowest BCUT2D eigenvalue weighted by Crippen LogP contribution is -2.12. The van der Waals surface area contributed by atoms with Crippen LogP contribution in [-0.2, 0) is 16.6 Å². The molecule has 0 fully saturated rings. The van der Waals surface area contributed by atoms with Crippen LogP contribution in [0.3, 0.4) is 0 Å². The van der Waals surface area contributed by atoms with Crippen LogP contribution in [0.25, 0.3) is 0 Å². The van der Waals surface area contributed by atoms with Gasteiger partial charge >= 0.3 is 0 Å². The normalized spacial score (nSPS) is 11.6. The van der Waals surface area contributed by atoms with Gasteiger partial charge in [-0.2, -0.15) is 0 Å². The predicted octanol–water partition coefficient (Wildman–Crippen LogP) is 3.22. The fourth-order valence-electron chi connectivity index (χ4n) is 1.59. The van der Waals surface area contributed by atoms with E-state index in [1.165, 1.54) is 18.2 Å². The number of rotatable bonds is 4. The van der Waals surface area contributed by atoms with Gasteiger partial charge in [-0.1, -0.05) is 15.9 Å². The number of benzene rings is 1. The largest absolute Gasteiger partial charge is 0.326 e. The summed E-state index contributed by atoms with van der Waals surface area (Å²) in [5.41, 5.74) is 6.26. The van der Waals surface area contributed by atoms with E-state index < -0.39 is 15.8 Å². The minimum Gasteiger partial charge on any atom is -0.326 e. The van der Waals surface area contributed by atoms with Crippen molar-refractivity contribution in [1.82, 2.24) is 0 Å². The number of anilines is 1. The Labute approximate surface area is 129 Å². The summed E-state index contributed by atoms with van der Waals surface area (Å²) in [6.07, 6.45) is 0. The van der Waals surface area contributed by atoms with E-state index in [0.29, 0.717) is 4.47 Å². The van der Waals surface area contributed by atoms with E-state index >= 15 is 0 Å². The van der Waals surface area contributed by atoms with Crippen molar-refractivity contribution in [3.63, 3.8) is 0 Å². The van der Waals surface area contributed by atoms with Gasteiger partial charge in [-0.15, -0.1) is 11.3 Å². The van der Waals surface area contributed by atoms with Gasteiger partial charge < -0.3 is 5.73 Å². The molecule has 0 saturated heterocycles. The highest BCUT2D eigenvalue weighted by molar-refractivity contribution is 9.10. The first kappa shape index (κ1) is 15.4. The van der Waals surface area contributed by atoms with Gasteiger partial charge in [-0.3, -0.25) is 4.72 Å². The summed E-state index contributed by atoms with van der Waals surface area (Å²) in [7, 11) is -3.80. The van der Waals surface area contributed by atoms with Gasteiger partial charge in [-0.25, -0.2) is 12.8 Å². The Morgan fingerprint density at radius 3 is 2.65 bits per heavy atom. The zero-order valence-corrected chi connectivity index (χ0v) is 13.7. The third-order valence-electron chi connectivity index (χ3n) is 2.62. The molecule has 4 nitrogen and oxygen atoms in total. The lowest BCUT2D eigenvalue weighted by atomic mass is 10.3. The van der Waals surface area contributed by atoms with Crippen LogP contribution >= 0.6 is 27.3 Å². The molecule has 1 heterocycles. The number of nitrogens with one attached hydrogen (secondary N) is 1.